The second kappa shape index (κ2) is 12.8. The van der Waals surface area contributed by atoms with E-state index in [9.17, 15) is 14.7 Å². The largest absolute Gasteiger partial charge is 0.507 e. The summed E-state index contributed by atoms with van der Waals surface area (Å²) in [5.41, 5.74) is 2.59. The fourth-order valence-corrected chi connectivity index (χ4v) is 6.75. The lowest BCUT2D eigenvalue weighted by molar-refractivity contribution is -0.132. The van der Waals surface area contributed by atoms with E-state index >= 15 is 0 Å². The molecule has 0 radical (unpaired) electrons. The van der Waals surface area contributed by atoms with E-state index < -0.39 is 17.7 Å². The summed E-state index contributed by atoms with van der Waals surface area (Å²) in [5, 5.41) is 12.1. The van der Waals surface area contributed by atoms with Crippen LogP contribution in [0.5, 0.6) is 23.0 Å². The Bertz CT molecular complexity index is 1800. The molecular formula is C35H36N2O7S. The fourth-order valence-electron chi connectivity index (χ4n) is 5.73. The van der Waals surface area contributed by atoms with Crippen LogP contribution in [-0.2, 0) is 16.0 Å². The van der Waals surface area contributed by atoms with Gasteiger partial charge in [0.05, 0.1) is 41.7 Å². The number of unbranched alkanes of at least 4 members (excludes halogenated alkanes) is 1. The number of thiazole rings is 1. The van der Waals surface area contributed by atoms with Gasteiger partial charge in [-0.05, 0) is 86.8 Å². The van der Waals surface area contributed by atoms with Gasteiger partial charge in [0, 0.05) is 12.0 Å². The molecule has 3 heterocycles. The first-order valence-electron chi connectivity index (χ1n) is 15.4. The van der Waals surface area contributed by atoms with Gasteiger partial charge in [-0.15, -0.1) is 0 Å². The lowest BCUT2D eigenvalue weighted by atomic mass is 9.94. The van der Waals surface area contributed by atoms with Crippen LogP contribution in [0.3, 0.4) is 0 Å². The van der Waals surface area contributed by atoms with Crippen molar-refractivity contribution < 1.29 is 33.6 Å². The van der Waals surface area contributed by atoms with E-state index in [0.717, 1.165) is 28.9 Å². The minimum absolute atomic E-state index is 0.0142. The van der Waals surface area contributed by atoms with E-state index in [1.807, 2.05) is 45.0 Å². The smallest absolute Gasteiger partial charge is 0.301 e. The number of aliphatic hydroxyl groups is 1. The molecule has 6 rings (SSSR count). The van der Waals surface area contributed by atoms with Crippen molar-refractivity contribution in [3.8, 4) is 23.0 Å². The predicted octanol–water partition coefficient (Wildman–Crippen LogP) is 7.22. The van der Waals surface area contributed by atoms with Gasteiger partial charge >= 0.3 is 5.91 Å². The second-order valence-corrected chi connectivity index (χ2v) is 12.0. The molecule has 1 aromatic heterocycles. The molecular weight excluding hydrogens is 592 g/mol. The monoisotopic (exact) mass is 628 g/mol. The highest BCUT2D eigenvalue weighted by Crippen LogP contribution is 2.46. The molecule has 0 spiro atoms. The Balaban J connectivity index is 1.50. The maximum Gasteiger partial charge on any atom is 0.301 e. The summed E-state index contributed by atoms with van der Waals surface area (Å²) in [7, 11) is 0. The summed E-state index contributed by atoms with van der Waals surface area (Å²) in [6, 6.07) is 15.2. The van der Waals surface area contributed by atoms with Crippen molar-refractivity contribution in [3.05, 3.63) is 76.9 Å². The van der Waals surface area contributed by atoms with Crippen molar-refractivity contribution in [2.75, 3.05) is 24.7 Å². The van der Waals surface area contributed by atoms with Gasteiger partial charge in [-0.1, -0.05) is 30.7 Å². The van der Waals surface area contributed by atoms with E-state index in [-0.39, 0.29) is 17.4 Å². The van der Waals surface area contributed by atoms with Crippen LogP contribution in [0.1, 0.15) is 63.3 Å². The number of ether oxygens (including phenoxy) is 4. The minimum atomic E-state index is -0.968. The Kier molecular flexibility index (Phi) is 8.67. The Hall–Kier alpha value is -4.57. The molecule has 45 heavy (non-hydrogen) atoms. The van der Waals surface area contributed by atoms with Crippen LogP contribution in [0, 0.1) is 0 Å². The van der Waals surface area contributed by atoms with Gasteiger partial charge in [-0.25, -0.2) is 4.98 Å². The van der Waals surface area contributed by atoms with E-state index in [1.54, 1.807) is 30.3 Å². The molecule has 4 aromatic rings. The third kappa shape index (κ3) is 5.82. The number of nitrogens with zero attached hydrogens (tertiary/aromatic N) is 2. The van der Waals surface area contributed by atoms with Crippen molar-refractivity contribution in [2.24, 2.45) is 0 Å². The molecule has 2 aliphatic heterocycles. The quantitative estimate of drug-likeness (QED) is 0.0803. The number of aromatic nitrogens is 1. The predicted molar refractivity (Wildman–Crippen MR) is 174 cm³/mol. The van der Waals surface area contributed by atoms with Crippen molar-refractivity contribution in [1.82, 2.24) is 4.98 Å². The molecule has 1 amide bonds. The first-order valence-corrected chi connectivity index (χ1v) is 16.2. The number of amides is 1. The minimum Gasteiger partial charge on any atom is -0.507 e. The van der Waals surface area contributed by atoms with Crippen molar-refractivity contribution in [2.45, 2.75) is 59.1 Å². The van der Waals surface area contributed by atoms with E-state index in [1.165, 1.54) is 16.2 Å². The van der Waals surface area contributed by atoms with Crippen molar-refractivity contribution in [1.29, 1.82) is 0 Å². The average Bonchev–Trinajstić information content (AvgIpc) is 3.69. The Morgan fingerprint density at radius 1 is 1.00 bits per heavy atom. The molecule has 0 saturated carbocycles. The van der Waals surface area contributed by atoms with Crippen molar-refractivity contribution in [3.63, 3.8) is 0 Å². The fraction of sp³-hybridized carbons (Fsp3) is 0.343. The lowest BCUT2D eigenvalue weighted by Gasteiger charge is -2.24. The zero-order valence-electron chi connectivity index (χ0n) is 25.8. The van der Waals surface area contributed by atoms with Crippen LogP contribution in [0.4, 0.5) is 5.13 Å². The normalized spacial score (nSPS) is 18.7. The molecule has 2 atom stereocenters. The molecule has 9 nitrogen and oxygen atoms in total. The molecule has 234 valence electrons. The third-order valence-electron chi connectivity index (χ3n) is 7.82. The number of ketones is 1. The van der Waals surface area contributed by atoms with Crippen LogP contribution in [0.25, 0.3) is 16.0 Å². The summed E-state index contributed by atoms with van der Waals surface area (Å²) >= 11 is 1.28. The standard InChI is InChI=1S/C35H36N2O7S/c1-5-8-15-43-27-14-9-21(18-28(27)42-7-3)31-30(32(38)22-10-13-26-23(17-22)16-20(4)44-26)33(39)34(40)37(31)35-36-25-12-11-24(41-6-2)19-29(25)45-35/h9-14,17-20,31,38H,5-8,15-16H2,1-4H3/b32-30+/t20-,31-/m0/s1. The SMILES string of the molecule is CCCCOc1ccc([C@H]2/C(=C(\O)c3ccc4c(c3)C[C@H](C)O4)C(=O)C(=O)N2c2nc3ccc(OCC)cc3s2)cc1OCC. The molecule has 1 fully saturated rings. The first kappa shape index (κ1) is 30.5. The van der Waals surface area contributed by atoms with Gasteiger partial charge in [-0.2, -0.15) is 0 Å². The zero-order valence-corrected chi connectivity index (χ0v) is 26.6. The number of carbonyl (C=O) groups excluding carboxylic acids is 2. The van der Waals surface area contributed by atoms with E-state index in [0.29, 0.717) is 65.3 Å². The molecule has 1 saturated heterocycles. The summed E-state index contributed by atoms with van der Waals surface area (Å²) in [4.78, 5) is 33.8. The van der Waals surface area contributed by atoms with Crippen LogP contribution in [-0.4, -0.2) is 47.7 Å². The van der Waals surface area contributed by atoms with Crippen LogP contribution in [0.2, 0.25) is 0 Å². The highest BCUT2D eigenvalue weighted by molar-refractivity contribution is 7.22. The van der Waals surface area contributed by atoms with Gasteiger partial charge < -0.3 is 24.1 Å². The molecule has 3 aromatic carbocycles. The van der Waals surface area contributed by atoms with Crippen LogP contribution >= 0.6 is 11.3 Å². The lowest BCUT2D eigenvalue weighted by Crippen LogP contribution is -2.29. The molecule has 2 aliphatic rings. The number of Topliss-reactive ketones (excluding diaryl/α,β-unsaturated/α-hetero) is 1. The van der Waals surface area contributed by atoms with E-state index in [2.05, 4.69) is 6.92 Å². The molecule has 0 bridgehead atoms. The first-order chi connectivity index (χ1) is 21.8. The van der Waals surface area contributed by atoms with Gasteiger partial charge in [0.2, 0.25) is 0 Å². The van der Waals surface area contributed by atoms with Crippen LogP contribution in [0.15, 0.2) is 60.2 Å². The summed E-state index contributed by atoms with van der Waals surface area (Å²) < 4.78 is 24.3. The number of anilines is 1. The van der Waals surface area contributed by atoms with Gasteiger partial charge in [0.25, 0.3) is 5.78 Å². The summed E-state index contributed by atoms with van der Waals surface area (Å²) in [6.07, 6.45) is 2.57. The van der Waals surface area contributed by atoms with Gasteiger partial charge in [0.1, 0.15) is 23.4 Å². The number of benzene rings is 3. The van der Waals surface area contributed by atoms with Crippen LogP contribution < -0.4 is 23.8 Å². The molecule has 0 aliphatic carbocycles. The zero-order chi connectivity index (χ0) is 31.7. The topological polar surface area (TPSA) is 107 Å². The molecule has 1 N–H and O–H groups in total. The molecule has 0 unspecified atom stereocenters. The van der Waals surface area contributed by atoms with E-state index in [4.69, 9.17) is 23.9 Å². The summed E-state index contributed by atoms with van der Waals surface area (Å²) in [6.45, 7) is 9.30. The van der Waals surface area contributed by atoms with Crippen molar-refractivity contribution >= 4 is 44.1 Å². The Labute approximate surface area is 266 Å². The Morgan fingerprint density at radius 2 is 1.82 bits per heavy atom. The number of carbonyl (C=O) groups is 2. The number of rotatable bonds is 11. The van der Waals surface area contributed by atoms with Gasteiger partial charge in [-0.3, -0.25) is 14.5 Å². The molecule has 10 heteroatoms. The second-order valence-electron chi connectivity index (χ2n) is 11.0. The average molecular weight is 629 g/mol. The Morgan fingerprint density at radius 3 is 2.60 bits per heavy atom. The number of hydrogen-bond acceptors (Lipinski definition) is 9. The summed E-state index contributed by atoms with van der Waals surface area (Å²) in [5.74, 6) is 0.672. The number of hydrogen-bond donors (Lipinski definition) is 1. The number of aliphatic hydroxyl groups excluding tert-OH is 1. The third-order valence-corrected chi connectivity index (χ3v) is 8.84. The highest BCUT2D eigenvalue weighted by Gasteiger charge is 2.48. The number of fused-ring (bicyclic) bond motifs is 2. The maximum absolute atomic E-state index is 13.9. The highest BCUT2D eigenvalue weighted by atomic mass is 32.1. The maximum atomic E-state index is 13.9. The van der Waals surface area contributed by atoms with Gasteiger partial charge in [0.15, 0.2) is 16.6 Å².